The van der Waals surface area contributed by atoms with Crippen molar-refractivity contribution in [3.8, 4) is 5.75 Å². The Hall–Kier alpha value is -1.55. The monoisotopic (exact) mass is 323 g/mol. The van der Waals surface area contributed by atoms with Gasteiger partial charge in [-0.3, -0.25) is 0 Å². The number of phenols is 1. The third-order valence-electron chi connectivity index (χ3n) is 2.97. The topological polar surface area (TPSA) is 32.3 Å². The van der Waals surface area contributed by atoms with Gasteiger partial charge in [0.1, 0.15) is 11.6 Å². The maximum absolute atomic E-state index is 13.8. The molecule has 0 aliphatic carbocycles. The zero-order chi connectivity index (χ0) is 14.0. The van der Waals surface area contributed by atoms with Crippen molar-refractivity contribution < 1.29 is 9.50 Å². The number of rotatable bonds is 3. The molecule has 2 aromatic carbocycles. The molecule has 0 saturated carbocycles. The van der Waals surface area contributed by atoms with Crippen LogP contribution in [0.15, 0.2) is 40.9 Å². The maximum Gasteiger partial charge on any atom is 0.147 e. The second-order valence-electron chi connectivity index (χ2n) is 4.52. The second-order valence-corrected chi connectivity index (χ2v) is 5.38. The third-order valence-corrected chi connectivity index (χ3v) is 3.63. The molecule has 100 valence electrons. The Morgan fingerprint density at radius 3 is 2.68 bits per heavy atom. The molecule has 0 amide bonds. The van der Waals surface area contributed by atoms with Gasteiger partial charge in [0.15, 0.2) is 0 Å². The van der Waals surface area contributed by atoms with E-state index in [1.165, 1.54) is 6.07 Å². The van der Waals surface area contributed by atoms with Gasteiger partial charge in [0.25, 0.3) is 0 Å². The summed E-state index contributed by atoms with van der Waals surface area (Å²) in [6.45, 7) is 3.84. The highest BCUT2D eigenvalue weighted by Gasteiger charge is 2.14. The molecule has 0 aliphatic rings. The van der Waals surface area contributed by atoms with E-state index in [9.17, 15) is 9.50 Å². The first-order valence-corrected chi connectivity index (χ1v) is 6.78. The number of aromatic hydroxyl groups is 1. The summed E-state index contributed by atoms with van der Waals surface area (Å²) in [5.74, 6) is -0.119. The Morgan fingerprint density at radius 2 is 2.00 bits per heavy atom. The molecule has 0 bridgehead atoms. The van der Waals surface area contributed by atoms with Crippen molar-refractivity contribution in [3.63, 3.8) is 0 Å². The van der Waals surface area contributed by atoms with Crippen LogP contribution in [-0.4, -0.2) is 5.11 Å². The molecule has 0 spiro atoms. The van der Waals surface area contributed by atoms with Gasteiger partial charge in [-0.2, -0.15) is 0 Å². The van der Waals surface area contributed by atoms with Crippen LogP contribution in [0.1, 0.15) is 24.1 Å². The predicted octanol–water partition coefficient (Wildman–Crippen LogP) is 4.78. The van der Waals surface area contributed by atoms with Crippen molar-refractivity contribution in [3.05, 3.63) is 57.8 Å². The van der Waals surface area contributed by atoms with Crippen molar-refractivity contribution in [1.82, 2.24) is 0 Å². The SMILES string of the molecule is Cc1ccc(O)c(C(C)Nc2c(F)cccc2Br)c1. The molecule has 1 unspecified atom stereocenters. The number of para-hydroxylation sites is 1. The Balaban J connectivity index is 2.31. The number of halogens is 2. The number of benzene rings is 2. The summed E-state index contributed by atoms with van der Waals surface area (Å²) < 4.78 is 14.4. The number of aryl methyl sites for hydroxylation is 1. The Kier molecular flexibility index (Phi) is 4.10. The van der Waals surface area contributed by atoms with E-state index in [0.29, 0.717) is 10.2 Å². The van der Waals surface area contributed by atoms with Crippen LogP contribution in [0.2, 0.25) is 0 Å². The summed E-state index contributed by atoms with van der Waals surface area (Å²) in [5.41, 5.74) is 2.19. The Labute approximate surface area is 120 Å². The van der Waals surface area contributed by atoms with Crippen LogP contribution in [0.5, 0.6) is 5.75 Å². The average molecular weight is 324 g/mol. The first-order valence-electron chi connectivity index (χ1n) is 5.99. The molecule has 0 radical (unpaired) electrons. The molecule has 0 saturated heterocycles. The second kappa shape index (κ2) is 5.61. The van der Waals surface area contributed by atoms with Crippen LogP contribution >= 0.6 is 15.9 Å². The van der Waals surface area contributed by atoms with Crippen LogP contribution in [0.3, 0.4) is 0 Å². The van der Waals surface area contributed by atoms with Gasteiger partial charge < -0.3 is 10.4 Å². The molecule has 0 heterocycles. The van der Waals surface area contributed by atoms with E-state index in [1.807, 2.05) is 26.0 Å². The fraction of sp³-hybridized carbons (Fsp3) is 0.200. The summed E-state index contributed by atoms with van der Waals surface area (Å²) in [4.78, 5) is 0. The highest BCUT2D eigenvalue weighted by molar-refractivity contribution is 9.10. The first kappa shape index (κ1) is 13.9. The molecule has 0 aromatic heterocycles. The van der Waals surface area contributed by atoms with Crippen LogP contribution in [0.25, 0.3) is 0 Å². The van der Waals surface area contributed by atoms with Gasteiger partial charge in [0.05, 0.1) is 11.7 Å². The van der Waals surface area contributed by atoms with E-state index in [4.69, 9.17) is 0 Å². The number of nitrogens with one attached hydrogen (secondary N) is 1. The van der Waals surface area contributed by atoms with E-state index in [0.717, 1.165) is 11.1 Å². The summed E-state index contributed by atoms with van der Waals surface area (Å²) in [5, 5.41) is 13.0. The number of phenolic OH excluding ortho intramolecular Hbond substituents is 1. The van der Waals surface area contributed by atoms with Gasteiger partial charge in [0.2, 0.25) is 0 Å². The molecular formula is C15H15BrFNO. The van der Waals surface area contributed by atoms with E-state index in [-0.39, 0.29) is 17.6 Å². The smallest absolute Gasteiger partial charge is 0.147 e. The molecule has 19 heavy (non-hydrogen) atoms. The molecule has 0 fully saturated rings. The molecule has 2 rings (SSSR count). The minimum Gasteiger partial charge on any atom is -0.508 e. The standard InChI is InChI=1S/C15H15BrFNO/c1-9-6-7-14(19)11(8-9)10(2)18-15-12(16)4-3-5-13(15)17/h3-8,10,18-19H,1-2H3. The van der Waals surface area contributed by atoms with Crippen molar-refractivity contribution in [2.75, 3.05) is 5.32 Å². The van der Waals surface area contributed by atoms with Gasteiger partial charge in [-0.1, -0.05) is 23.8 Å². The lowest BCUT2D eigenvalue weighted by molar-refractivity contribution is 0.465. The van der Waals surface area contributed by atoms with Gasteiger partial charge in [-0.25, -0.2) is 4.39 Å². The molecule has 2 nitrogen and oxygen atoms in total. The summed E-state index contributed by atoms with van der Waals surface area (Å²) in [6, 6.07) is 9.99. The molecular weight excluding hydrogens is 309 g/mol. The normalized spacial score (nSPS) is 12.2. The lowest BCUT2D eigenvalue weighted by Crippen LogP contribution is -2.09. The highest BCUT2D eigenvalue weighted by atomic mass is 79.9. The third kappa shape index (κ3) is 3.07. The fourth-order valence-corrected chi connectivity index (χ4v) is 2.41. The van der Waals surface area contributed by atoms with E-state index < -0.39 is 0 Å². The van der Waals surface area contributed by atoms with Gasteiger partial charge in [-0.15, -0.1) is 0 Å². The highest BCUT2D eigenvalue weighted by Crippen LogP contribution is 2.32. The van der Waals surface area contributed by atoms with Crippen molar-refractivity contribution in [2.24, 2.45) is 0 Å². The minimum absolute atomic E-state index is 0.201. The van der Waals surface area contributed by atoms with Crippen LogP contribution in [0.4, 0.5) is 10.1 Å². The van der Waals surface area contributed by atoms with E-state index in [2.05, 4.69) is 21.2 Å². The molecule has 0 aliphatic heterocycles. The van der Waals surface area contributed by atoms with Gasteiger partial charge in [0, 0.05) is 10.0 Å². The van der Waals surface area contributed by atoms with Gasteiger partial charge in [-0.05, 0) is 48.0 Å². The maximum atomic E-state index is 13.8. The average Bonchev–Trinajstić information content (AvgIpc) is 2.37. The minimum atomic E-state index is -0.326. The van der Waals surface area contributed by atoms with Crippen LogP contribution in [0, 0.1) is 12.7 Å². The van der Waals surface area contributed by atoms with E-state index >= 15 is 0 Å². The molecule has 2 aromatic rings. The van der Waals surface area contributed by atoms with E-state index in [1.54, 1.807) is 18.2 Å². The Morgan fingerprint density at radius 1 is 1.26 bits per heavy atom. The summed E-state index contributed by atoms with van der Waals surface area (Å²) in [7, 11) is 0. The van der Waals surface area contributed by atoms with Crippen molar-refractivity contribution >= 4 is 21.6 Å². The quantitative estimate of drug-likeness (QED) is 0.852. The van der Waals surface area contributed by atoms with Crippen molar-refractivity contribution in [1.29, 1.82) is 0 Å². The lowest BCUT2D eigenvalue weighted by atomic mass is 10.0. The van der Waals surface area contributed by atoms with Crippen molar-refractivity contribution in [2.45, 2.75) is 19.9 Å². The number of hydrogen-bond acceptors (Lipinski definition) is 2. The zero-order valence-electron chi connectivity index (χ0n) is 10.7. The number of hydrogen-bond donors (Lipinski definition) is 2. The fourth-order valence-electron chi connectivity index (χ4n) is 1.95. The van der Waals surface area contributed by atoms with Crippen LogP contribution in [-0.2, 0) is 0 Å². The molecule has 2 N–H and O–H groups in total. The Bertz CT molecular complexity index is 580. The summed E-state index contributed by atoms with van der Waals surface area (Å²) >= 11 is 3.32. The first-order chi connectivity index (χ1) is 8.99. The van der Waals surface area contributed by atoms with Crippen LogP contribution < -0.4 is 5.32 Å². The summed E-state index contributed by atoms with van der Waals surface area (Å²) in [6.07, 6.45) is 0. The zero-order valence-corrected chi connectivity index (χ0v) is 12.3. The lowest BCUT2D eigenvalue weighted by Gasteiger charge is -2.19. The molecule has 4 heteroatoms. The molecule has 1 atom stereocenters. The largest absolute Gasteiger partial charge is 0.508 e. The number of anilines is 1. The van der Waals surface area contributed by atoms with Gasteiger partial charge >= 0.3 is 0 Å². The predicted molar refractivity (Wildman–Crippen MR) is 79.0 cm³/mol.